The van der Waals surface area contributed by atoms with Gasteiger partial charge in [0, 0.05) is 12.5 Å². The second-order valence-corrected chi connectivity index (χ2v) is 4.82. The van der Waals surface area contributed by atoms with Gasteiger partial charge in [0.05, 0.1) is 0 Å². The largest absolute Gasteiger partial charge is 0.368 e. The first kappa shape index (κ1) is 12.4. The Morgan fingerprint density at radius 2 is 1.59 bits per heavy atom. The van der Waals surface area contributed by atoms with Crippen LogP contribution in [-0.4, -0.2) is 24.5 Å². The number of ether oxygens (including phenoxy) is 1. The van der Waals surface area contributed by atoms with Crippen LogP contribution in [0.25, 0.3) is 0 Å². The minimum absolute atomic E-state index is 0.0592. The molecule has 1 unspecified atom stereocenters. The molecular formula is C12H20N2O3. The molecule has 17 heavy (non-hydrogen) atoms. The summed E-state index contributed by atoms with van der Waals surface area (Å²) in [4.78, 5) is 23.3. The Kier molecular flexibility index (Phi) is 4.36. The summed E-state index contributed by atoms with van der Waals surface area (Å²) in [6.45, 7) is 0.634. The minimum atomic E-state index is -0.387. The van der Waals surface area contributed by atoms with Gasteiger partial charge in [-0.15, -0.1) is 0 Å². The maximum atomic E-state index is 11.8. The summed E-state index contributed by atoms with van der Waals surface area (Å²) in [7, 11) is 0. The minimum Gasteiger partial charge on any atom is -0.368 e. The molecule has 2 N–H and O–H groups in total. The predicted octanol–water partition coefficient (Wildman–Crippen LogP) is 0.893. The maximum Gasteiger partial charge on any atom is 0.267 e. The highest BCUT2D eigenvalue weighted by molar-refractivity contribution is 5.85. The molecule has 2 amide bonds. The van der Waals surface area contributed by atoms with Crippen molar-refractivity contribution in [2.24, 2.45) is 5.92 Å². The average molecular weight is 240 g/mol. The van der Waals surface area contributed by atoms with Gasteiger partial charge >= 0.3 is 0 Å². The topological polar surface area (TPSA) is 67.4 Å². The molecular weight excluding hydrogens is 220 g/mol. The number of hydrogen-bond acceptors (Lipinski definition) is 3. The van der Waals surface area contributed by atoms with E-state index < -0.39 is 0 Å². The second-order valence-electron chi connectivity index (χ2n) is 4.82. The standard InChI is InChI=1S/C12H20N2O3/c15-11(9-5-2-1-3-6-9)13-14-12(16)10-7-4-8-17-10/h9-10H,1-8H2,(H,13,15)(H,14,16). The van der Waals surface area contributed by atoms with Crippen molar-refractivity contribution in [3.63, 3.8) is 0 Å². The van der Waals surface area contributed by atoms with Crippen LogP contribution in [0, 0.1) is 5.92 Å². The summed E-state index contributed by atoms with van der Waals surface area (Å²) in [5.74, 6) is -0.226. The second kappa shape index (κ2) is 6.00. The fraction of sp³-hybridized carbons (Fsp3) is 0.833. The van der Waals surface area contributed by atoms with Gasteiger partial charge in [-0.1, -0.05) is 19.3 Å². The normalized spacial score (nSPS) is 25.5. The molecule has 0 radical (unpaired) electrons. The predicted molar refractivity (Wildman–Crippen MR) is 61.8 cm³/mol. The zero-order chi connectivity index (χ0) is 12.1. The van der Waals surface area contributed by atoms with Crippen molar-refractivity contribution < 1.29 is 14.3 Å². The highest BCUT2D eigenvalue weighted by Crippen LogP contribution is 2.23. The molecule has 1 saturated heterocycles. The van der Waals surface area contributed by atoms with Crippen LogP contribution in [0.5, 0.6) is 0 Å². The maximum absolute atomic E-state index is 11.8. The highest BCUT2D eigenvalue weighted by atomic mass is 16.5. The fourth-order valence-electron chi connectivity index (χ4n) is 2.45. The van der Waals surface area contributed by atoms with Gasteiger partial charge in [0.15, 0.2) is 0 Å². The fourth-order valence-corrected chi connectivity index (χ4v) is 2.45. The molecule has 2 aliphatic rings. The third kappa shape index (κ3) is 3.43. The van der Waals surface area contributed by atoms with Gasteiger partial charge in [-0.05, 0) is 25.7 Å². The number of amides is 2. The van der Waals surface area contributed by atoms with Crippen molar-refractivity contribution in [3.05, 3.63) is 0 Å². The molecule has 0 aromatic carbocycles. The summed E-state index contributed by atoms with van der Waals surface area (Å²) in [5, 5.41) is 0. The summed E-state index contributed by atoms with van der Waals surface area (Å²) in [6, 6.07) is 0. The van der Waals surface area contributed by atoms with Crippen LogP contribution >= 0.6 is 0 Å². The van der Waals surface area contributed by atoms with Crippen molar-refractivity contribution in [1.29, 1.82) is 0 Å². The molecule has 1 heterocycles. The first-order valence-electron chi connectivity index (χ1n) is 6.48. The van der Waals surface area contributed by atoms with Gasteiger partial charge in [0.1, 0.15) is 6.10 Å². The van der Waals surface area contributed by atoms with Crippen LogP contribution in [0.2, 0.25) is 0 Å². The van der Waals surface area contributed by atoms with Crippen molar-refractivity contribution in [2.45, 2.75) is 51.0 Å². The van der Waals surface area contributed by atoms with Crippen LogP contribution in [0.1, 0.15) is 44.9 Å². The van der Waals surface area contributed by atoms with Gasteiger partial charge in [0.2, 0.25) is 5.91 Å². The average Bonchev–Trinajstić information content (AvgIpc) is 2.90. The Labute approximate surface area is 101 Å². The van der Waals surface area contributed by atoms with Crippen LogP contribution in [0.3, 0.4) is 0 Å². The van der Waals surface area contributed by atoms with Crippen molar-refractivity contribution >= 4 is 11.8 Å². The molecule has 0 aromatic heterocycles. The third-order valence-corrected chi connectivity index (χ3v) is 3.51. The van der Waals surface area contributed by atoms with E-state index in [1.54, 1.807) is 0 Å². The van der Waals surface area contributed by atoms with Gasteiger partial charge in [-0.25, -0.2) is 0 Å². The molecule has 5 nitrogen and oxygen atoms in total. The monoisotopic (exact) mass is 240 g/mol. The van der Waals surface area contributed by atoms with Gasteiger partial charge in [0.25, 0.3) is 5.91 Å². The zero-order valence-corrected chi connectivity index (χ0v) is 10.0. The molecule has 5 heteroatoms. The van der Waals surface area contributed by atoms with E-state index in [1.807, 2.05) is 0 Å². The molecule has 0 aromatic rings. The number of hydrogen-bond donors (Lipinski definition) is 2. The van der Waals surface area contributed by atoms with Gasteiger partial charge in [-0.2, -0.15) is 0 Å². The lowest BCUT2D eigenvalue weighted by Gasteiger charge is -2.21. The Morgan fingerprint density at radius 3 is 2.24 bits per heavy atom. The SMILES string of the molecule is O=C(NNC(=O)C1CCCO1)C1CCCCC1. The zero-order valence-electron chi connectivity index (χ0n) is 10.0. The Morgan fingerprint density at radius 1 is 0.882 bits per heavy atom. The Hall–Kier alpha value is -1.10. The lowest BCUT2D eigenvalue weighted by Crippen LogP contribution is -2.48. The van der Waals surface area contributed by atoms with E-state index in [0.29, 0.717) is 6.61 Å². The molecule has 1 atom stereocenters. The van der Waals surface area contributed by atoms with E-state index in [4.69, 9.17) is 4.74 Å². The van der Waals surface area contributed by atoms with Crippen LogP contribution in [0.4, 0.5) is 0 Å². The lowest BCUT2D eigenvalue weighted by molar-refractivity contribution is -0.136. The highest BCUT2D eigenvalue weighted by Gasteiger charge is 2.25. The van der Waals surface area contributed by atoms with Gasteiger partial charge < -0.3 is 4.74 Å². The number of rotatable bonds is 2. The van der Waals surface area contributed by atoms with Crippen LogP contribution in [0.15, 0.2) is 0 Å². The smallest absolute Gasteiger partial charge is 0.267 e. The number of carbonyl (C=O) groups is 2. The van der Waals surface area contributed by atoms with E-state index in [1.165, 1.54) is 6.42 Å². The molecule has 1 aliphatic carbocycles. The van der Waals surface area contributed by atoms with Crippen molar-refractivity contribution in [1.82, 2.24) is 10.9 Å². The van der Waals surface area contributed by atoms with Gasteiger partial charge in [-0.3, -0.25) is 20.4 Å². The molecule has 2 rings (SSSR count). The van der Waals surface area contributed by atoms with E-state index in [2.05, 4.69) is 10.9 Å². The van der Waals surface area contributed by atoms with E-state index >= 15 is 0 Å². The molecule has 1 aliphatic heterocycles. The van der Waals surface area contributed by atoms with Crippen LogP contribution in [-0.2, 0) is 14.3 Å². The summed E-state index contributed by atoms with van der Waals surface area (Å²) in [6.07, 6.45) is 6.56. The van der Waals surface area contributed by atoms with E-state index in [9.17, 15) is 9.59 Å². The molecule has 0 spiro atoms. The Bertz CT molecular complexity index is 281. The lowest BCUT2D eigenvalue weighted by atomic mass is 9.89. The molecule has 2 fully saturated rings. The molecule has 96 valence electrons. The molecule has 1 saturated carbocycles. The first-order chi connectivity index (χ1) is 8.27. The number of carbonyl (C=O) groups excluding carboxylic acids is 2. The quantitative estimate of drug-likeness (QED) is 0.704. The molecule has 0 bridgehead atoms. The Balaban J connectivity index is 1.69. The first-order valence-corrected chi connectivity index (χ1v) is 6.48. The van der Waals surface area contributed by atoms with E-state index in [0.717, 1.165) is 38.5 Å². The van der Waals surface area contributed by atoms with Crippen molar-refractivity contribution in [2.75, 3.05) is 6.61 Å². The summed E-state index contributed by atoms with van der Waals surface area (Å²) in [5.41, 5.74) is 4.97. The summed E-state index contributed by atoms with van der Waals surface area (Å²) < 4.78 is 5.23. The van der Waals surface area contributed by atoms with Crippen LogP contribution < -0.4 is 10.9 Å². The van der Waals surface area contributed by atoms with Crippen molar-refractivity contribution in [3.8, 4) is 0 Å². The van der Waals surface area contributed by atoms with E-state index in [-0.39, 0.29) is 23.8 Å². The summed E-state index contributed by atoms with van der Waals surface area (Å²) >= 11 is 0. The number of nitrogens with one attached hydrogen (secondary N) is 2. The number of hydrazine groups is 1. The third-order valence-electron chi connectivity index (χ3n) is 3.51.